The van der Waals surface area contributed by atoms with Crippen molar-refractivity contribution in [3.63, 3.8) is 0 Å². The number of thioether (sulfide) groups is 1. The van der Waals surface area contributed by atoms with Gasteiger partial charge in [0.25, 0.3) is 0 Å². The first-order valence-corrected chi connectivity index (χ1v) is 8.04. The van der Waals surface area contributed by atoms with Crippen molar-refractivity contribution in [2.45, 2.75) is 24.4 Å². The van der Waals surface area contributed by atoms with E-state index in [0.717, 1.165) is 16.5 Å². The highest BCUT2D eigenvalue weighted by molar-refractivity contribution is 8.14. The summed E-state index contributed by atoms with van der Waals surface area (Å²) in [4.78, 5) is 4.55. The standard InChI is InChI=1S/C11H15N3O2S2/c1-8-7-17-11(14-8)13-6-9-2-4-10(5-3-9)18(12,15)16/h2-5,8H,6-7H2,1H3,(H,13,14)(H2,12,15,16). The normalized spacial score (nSPS) is 22.1. The van der Waals surface area contributed by atoms with Crippen LogP contribution in [-0.4, -0.2) is 25.4 Å². The predicted molar refractivity (Wildman–Crippen MR) is 74.0 cm³/mol. The van der Waals surface area contributed by atoms with Gasteiger partial charge in [-0.3, -0.25) is 4.99 Å². The highest BCUT2D eigenvalue weighted by atomic mass is 32.2. The summed E-state index contributed by atoms with van der Waals surface area (Å²) in [5.41, 5.74) is 0.955. The third kappa shape index (κ3) is 3.47. The van der Waals surface area contributed by atoms with Crippen LogP contribution in [0.4, 0.5) is 0 Å². The smallest absolute Gasteiger partial charge is 0.238 e. The molecule has 7 heteroatoms. The Morgan fingerprint density at radius 1 is 1.44 bits per heavy atom. The van der Waals surface area contributed by atoms with E-state index in [9.17, 15) is 8.42 Å². The predicted octanol–water partition coefficient (Wildman–Crippen LogP) is 0.915. The zero-order chi connectivity index (χ0) is 13.2. The number of nitrogens with zero attached hydrogens (tertiary/aromatic N) is 1. The highest BCUT2D eigenvalue weighted by Gasteiger charge is 2.14. The maximum Gasteiger partial charge on any atom is 0.238 e. The van der Waals surface area contributed by atoms with Gasteiger partial charge in [0.1, 0.15) is 0 Å². The Hall–Kier alpha value is -1.05. The van der Waals surface area contributed by atoms with Crippen molar-refractivity contribution < 1.29 is 8.42 Å². The summed E-state index contributed by atoms with van der Waals surface area (Å²) in [6.45, 7) is 2.64. The van der Waals surface area contributed by atoms with Gasteiger partial charge in [-0.05, 0) is 24.6 Å². The van der Waals surface area contributed by atoms with Gasteiger partial charge < -0.3 is 5.32 Å². The maximum atomic E-state index is 11.1. The molecule has 5 nitrogen and oxygen atoms in total. The number of hydrogen-bond acceptors (Lipinski definition) is 4. The molecule has 3 N–H and O–H groups in total. The molecule has 1 heterocycles. The fourth-order valence-corrected chi connectivity index (χ4v) is 2.98. The topological polar surface area (TPSA) is 84.5 Å². The van der Waals surface area contributed by atoms with Crippen molar-refractivity contribution in [3.8, 4) is 0 Å². The van der Waals surface area contributed by atoms with Crippen LogP contribution in [0.5, 0.6) is 0 Å². The molecular formula is C11H15N3O2S2. The summed E-state index contributed by atoms with van der Waals surface area (Å²) in [5.74, 6) is 1.03. The van der Waals surface area contributed by atoms with Crippen LogP contribution in [0.3, 0.4) is 0 Å². The number of benzene rings is 1. The van der Waals surface area contributed by atoms with E-state index in [1.165, 1.54) is 12.1 Å². The van der Waals surface area contributed by atoms with Crippen molar-refractivity contribution in [1.82, 2.24) is 5.32 Å². The van der Waals surface area contributed by atoms with E-state index in [1.807, 2.05) is 0 Å². The van der Waals surface area contributed by atoms with Crippen LogP contribution in [0.15, 0.2) is 34.2 Å². The van der Waals surface area contributed by atoms with E-state index < -0.39 is 10.0 Å². The second-order valence-electron chi connectivity index (χ2n) is 4.17. The molecule has 1 aliphatic rings. The first-order valence-electron chi connectivity index (χ1n) is 5.50. The van der Waals surface area contributed by atoms with Crippen molar-refractivity contribution in [2.75, 3.05) is 5.75 Å². The summed E-state index contributed by atoms with van der Waals surface area (Å²) < 4.78 is 22.2. The quantitative estimate of drug-likeness (QED) is 0.864. The summed E-state index contributed by atoms with van der Waals surface area (Å²) in [6.07, 6.45) is 0. The molecule has 1 aliphatic heterocycles. The summed E-state index contributed by atoms with van der Waals surface area (Å²) >= 11 is 1.70. The molecule has 0 aromatic heterocycles. The van der Waals surface area contributed by atoms with Gasteiger partial charge in [-0.15, -0.1) is 0 Å². The Morgan fingerprint density at radius 2 is 2.11 bits per heavy atom. The van der Waals surface area contributed by atoms with Crippen molar-refractivity contribution in [1.29, 1.82) is 0 Å². The summed E-state index contributed by atoms with van der Waals surface area (Å²) in [7, 11) is -3.61. The van der Waals surface area contributed by atoms with Crippen LogP contribution < -0.4 is 10.5 Å². The van der Waals surface area contributed by atoms with E-state index in [4.69, 9.17) is 5.14 Å². The molecular weight excluding hydrogens is 270 g/mol. The van der Waals surface area contributed by atoms with E-state index in [0.29, 0.717) is 12.6 Å². The van der Waals surface area contributed by atoms with Crippen LogP contribution in [0.25, 0.3) is 0 Å². The summed E-state index contributed by atoms with van der Waals surface area (Å²) in [5, 5.41) is 9.23. The second-order valence-corrected chi connectivity index (χ2v) is 6.74. The lowest BCUT2D eigenvalue weighted by Crippen LogP contribution is -2.23. The Bertz CT molecular complexity index is 552. The molecule has 18 heavy (non-hydrogen) atoms. The molecule has 1 saturated heterocycles. The molecule has 1 aromatic carbocycles. The zero-order valence-electron chi connectivity index (χ0n) is 9.96. The van der Waals surface area contributed by atoms with Gasteiger partial charge in [-0.25, -0.2) is 13.6 Å². The first kappa shape index (κ1) is 13.4. The number of primary sulfonamides is 1. The molecule has 0 radical (unpaired) electrons. The van der Waals surface area contributed by atoms with Crippen LogP contribution in [0.2, 0.25) is 0 Å². The maximum absolute atomic E-state index is 11.1. The van der Waals surface area contributed by atoms with Gasteiger partial charge in [0.05, 0.1) is 11.4 Å². The minimum Gasteiger partial charge on any atom is -0.362 e. The van der Waals surface area contributed by atoms with E-state index >= 15 is 0 Å². The Balaban J connectivity index is 2.03. The fourth-order valence-electron chi connectivity index (χ4n) is 1.54. The molecule has 1 aromatic rings. The van der Waals surface area contributed by atoms with Crippen LogP contribution in [-0.2, 0) is 16.6 Å². The van der Waals surface area contributed by atoms with Gasteiger partial charge >= 0.3 is 0 Å². The van der Waals surface area contributed by atoms with Crippen molar-refractivity contribution in [2.24, 2.45) is 10.1 Å². The average Bonchev–Trinajstić information content (AvgIpc) is 2.72. The Labute approximate surface area is 111 Å². The second kappa shape index (κ2) is 5.29. The summed E-state index contributed by atoms with van der Waals surface area (Å²) in [6, 6.07) is 6.92. The molecule has 0 spiro atoms. The highest BCUT2D eigenvalue weighted by Crippen LogP contribution is 2.15. The van der Waals surface area contributed by atoms with Gasteiger partial charge in [0, 0.05) is 11.8 Å². The van der Waals surface area contributed by atoms with Gasteiger partial charge in [0.2, 0.25) is 10.0 Å². The Kier molecular flexibility index (Phi) is 3.94. The number of rotatable bonds is 3. The monoisotopic (exact) mass is 285 g/mol. The van der Waals surface area contributed by atoms with E-state index in [1.54, 1.807) is 23.9 Å². The van der Waals surface area contributed by atoms with Crippen LogP contribution >= 0.6 is 11.8 Å². The molecule has 1 fully saturated rings. The number of nitrogens with one attached hydrogen (secondary N) is 1. The Morgan fingerprint density at radius 3 is 2.61 bits per heavy atom. The lowest BCUT2D eigenvalue weighted by atomic mass is 10.2. The molecule has 2 rings (SSSR count). The zero-order valence-corrected chi connectivity index (χ0v) is 11.6. The first-order chi connectivity index (χ1) is 8.45. The molecule has 0 bridgehead atoms. The lowest BCUT2D eigenvalue weighted by molar-refractivity contribution is 0.598. The van der Waals surface area contributed by atoms with Gasteiger partial charge in [-0.1, -0.05) is 23.9 Å². The van der Waals surface area contributed by atoms with Crippen molar-refractivity contribution in [3.05, 3.63) is 29.8 Å². The van der Waals surface area contributed by atoms with Crippen LogP contribution in [0, 0.1) is 0 Å². The van der Waals surface area contributed by atoms with E-state index in [2.05, 4.69) is 17.2 Å². The largest absolute Gasteiger partial charge is 0.362 e. The number of hydrogen-bond donors (Lipinski definition) is 2. The number of amidine groups is 1. The molecule has 0 aliphatic carbocycles. The number of aliphatic imine (C=N–C) groups is 1. The third-order valence-corrected chi connectivity index (χ3v) is 4.61. The molecule has 98 valence electrons. The van der Waals surface area contributed by atoms with Crippen molar-refractivity contribution >= 4 is 27.0 Å². The average molecular weight is 285 g/mol. The number of sulfonamides is 1. The van der Waals surface area contributed by atoms with Crippen LogP contribution in [0.1, 0.15) is 12.5 Å². The fraction of sp³-hybridized carbons (Fsp3) is 0.364. The minimum atomic E-state index is -3.61. The molecule has 1 atom stereocenters. The lowest BCUT2D eigenvalue weighted by Gasteiger charge is -2.02. The minimum absolute atomic E-state index is 0.126. The molecule has 0 amide bonds. The molecule has 0 saturated carbocycles. The van der Waals surface area contributed by atoms with Gasteiger partial charge in [0.15, 0.2) is 5.17 Å². The SMILES string of the molecule is CC1CSC(=NCc2ccc(S(N)(=O)=O)cc2)N1. The van der Waals surface area contributed by atoms with E-state index in [-0.39, 0.29) is 4.90 Å². The van der Waals surface area contributed by atoms with Gasteiger partial charge in [-0.2, -0.15) is 0 Å². The number of nitrogens with two attached hydrogens (primary N) is 1. The molecule has 1 unspecified atom stereocenters. The third-order valence-electron chi connectivity index (χ3n) is 2.50.